The van der Waals surface area contributed by atoms with Crippen molar-refractivity contribution in [1.29, 1.82) is 0 Å². The smallest absolute Gasteiger partial charge is 0.240 e. The number of carbonyl (C=O) groups excluding carboxylic acids is 1. The number of carbonyl (C=O) groups is 1. The molecule has 0 spiro atoms. The number of primary amides is 1. The molecule has 0 saturated heterocycles. The molecular formula is C15H16N4OS. The van der Waals surface area contributed by atoms with Crippen LogP contribution in [0.3, 0.4) is 0 Å². The summed E-state index contributed by atoms with van der Waals surface area (Å²) in [4.78, 5) is 18.5. The van der Waals surface area contributed by atoms with Gasteiger partial charge in [0.05, 0.1) is 0 Å². The lowest BCUT2D eigenvalue weighted by Gasteiger charge is -2.34. The second-order valence-electron chi connectivity index (χ2n) is 5.73. The highest BCUT2D eigenvalue weighted by Crippen LogP contribution is 2.40. The Balaban J connectivity index is 1.69. The summed E-state index contributed by atoms with van der Waals surface area (Å²) in [6.45, 7) is 0.670. The molecule has 108 valence electrons. The number of hydrogen-bond acceptors (Lipinski definition) is 5. The number of hydrogen-bond donors (Lipinski definition) is 1. The maximum absolute atomic E-state index is 11.8. The minimum absolute atomic E-state index is 0.298. The summed E-state index contributed by atoms with van der Waals surface area (Å²) in [5.41, 5.74) is 8.04. The number of anilines is 1. The summed E-state index contributed by atoms with van der Waals surface area (Å²) in [5, 5.41) is 0.815. The van der Waals surface area contributed by atoms with E-state index in [9.17, 15) is 4.79 Å². The molecule has 6 heteroatoms. The molecule has 0 unspecified atom stereocenters. The van der Waals surface area contributed by atoms with Crippen molar-refractivity contribution in [3.8, 4) is 0 Å². The molecule has 1 fully saturated rings. The number of benzene rings is 1. The van der Waals surface area contributed by atoms with Crippen molar-refractivity contribution in [3.05, 3.63) is 41.2 Å². The summed E-state index contributed by atoms with van der Waals surface area (Å²) >= 11 is 1.38. The Hall–Kier alpha value is -1.95. The Kier molecular flexibility index (Phi) is 2.92. The van der Waals surface area contributed by atoms with E-state index in [1.54, 1.807) is 0 Å². The average Bonchev–Trinajstić information content (AvgIpc) is 3.23. The van der Waals surface area contributed by atoms with E-state index < -0.39 is 0 Å². The number of aromatic nitrogens is 2. The first-order valence-corrected chi connectivity index (χ1v) is 7.96. The summed E-state index contributed by atoms with van der Waals surface area (Å²) < 4.78 is 4.44. The Morgan fingerprint density at radius 3 is 2.76 bits per heavy atom. The van der Waals surface area contributed by atoms with Crippen LogP contribution < -0.4 is 10.6 Å². The Bertz CT molecular complexity index is 694. The minimum atomic E-state index is -0.333. The maximum atomic E-state index is 11.8. The first-order valence-electron chi connectivity index (χ1n) is 7.18. The van der Waals surface area contributed by atoms with Gasteiger partial charge in [-0.15, -0.1) is 0 Å². The van der Waals surface area contributed by atoms with Gasteiger partial charge in [0.2, 0.25) is 11.0 Å². The Morgan fingerprint density at radius 1 is 1.29 bits per heavy atom. The van der Waals surface area contributed by atoms with Crippen LogP contribution in [0.4, 0.5) is 5.13 Å². The average molecular weight is 300 g/mol. The van der Waals surface area contributed by atoms with Crippen molar-refractivity contribution >= 4 is 22.6 Å². The van der Waals surface area contributed by atoms with Crippen LogP contribution in [0.15, 0.2) is 24.3 Å². The lowest BCUT2D eigenvalue weighted by atomic mass is 9.94. The van der Waals surface area contributed by atoms with Crippen LogP contribution in [0.1, 0.15) is 35.7 Å². The highest BCUT2D eigenvalue weighted by atomic mass is 32.1. The standard InChI is InChI=1S/C15H16N4OS/c16-13(20)12-7-10-3-1-2-4-11(10)8-19(12)15-17-14(18-21-15)9-5-6-9/h1-4,9,12H,5-8H2,(H2,16,20)/t12-/m0/s1. The van der Waals surface area contributed by atoms with E-state index in [0.717, 1.165) is 11.0 Å². The number of amides is 1. The molecule has 1 aliphatic heterocycles. The van der Waals surface area contributed by atoms with Crippen molar-refractivity contribution < 1.29 is 4.79 Å². The number of fused-ring (bicyclic) bond motifs is 1. The zero-order chi connectivity index (χ0) is 14.4. The molecular weight excluding hydrogens is 284 g/mol. The molecule has 21 heavy (non-hydrogen) atoms. The molecule has 0 bridgehead atoms. The van der Waals surface area contributed by atoms with Gasteiger partial charge in [-0.25, -0.2) is 4.98 Å². The molecule has 1 atom stereocenters. The van der Waals surface area contributed by atoms with Crippen LogP contribution in [-0.4, -0.2) is 21.3 Å². The van der Waals surface area contributed by atoms with E-state index in [0.29, 0.717) is 18.9 Å². The van der Waals surface area contributed by atoms with E-state index in [2.05, 4.69) is 21.5 Å². The van der Waals surface area contributed by atoms with E-state index in [4.69, 9.17) is 5.73 Å². The minimum Gasteiger partial charge on any atom is -0.368 e. The van der Waals surface area contributed by atoms with E-state index >= 15 is 0 Å². The fourth-order valence-electron chi connectivity index (χ4n) is 2.83. The first kappa shape index (κ1) is 12.8. The molecule has 5 nitrogen and oxygen atoms in total. The summed E-state index contributed by atoms with van der Waals surface area (Å²) in [5.74, 6) is 1.16. The predicted octanol–water partition coefficient (Wildman–Crippen LogP) is 1.83. The number of rotatable bonds is 3. The second-order valence-corrected chi connectivity index (χ2v) is 6.46. The third-order valence-electron chi connectivity index (χ3n) is 4.20. The molecule has 0 radical (unpaired) electrons. The third kappa shape index (κ3) is 2.29. The molecule has 1 aromatic carbocycles. The molecule has 1 saturated carbocycles. The normalized spacial score (nSPS) is 21.1. The molecule has 2 aromatic rings. The Labute approximate surface area is 127 Å². The fraction of sp³-hybridized carbons (Fsp3) is 0.400. The van der Waals surface area contributed by atoms with Gasteiger partial charge >= 0.3 is 0 Å². The summed E-state index contributed by atoms with van der Waals surface area (Å²) in [7, 11) is 0. The van der Waals surface area contributed by atoms with E-state index in [-0.39, 0.29) is 11.9 Å². The maximum Gasteiger partial charge on any atom is 0.240 e. The summed E-state index contributed by atoms with van der Waals surface area (Å²) in [6, 6.07) is 7.86. The first-order chi connectivity index (χ1) is 10.2. The van der Waals surface area contributed by atoms with Gasteiger partial charge in [-0.05, 0) is 24.0 Å². The number of nitrogens with two attached hydrogens (primary N) is 1. The van der Waals surface area contributed by atoms with Crippen LogP contribution >= 0.6 is 11.5 Å². The molecule has 4 rings (SSSR count). The van der Waals surface area contributed by atoms with Crippen molar-refractivity contribution in [1.82, 2.24) is 9.36 Å². The zero-order valence-electron chi connectivity index (χ0n) is 11.5. The monoisotopic (exact) mass is 300 g/mol. The fourth-order valence-corrected chi connectivity index (χ4v) is 3.62. The van der Waals surface area contributed by atoms with Gasteiger partial charge < -0.3 is 10.6 Å². The summed E-state index contributed by atoms with van der Waals surface area (Å²) in [6.07, 6.45) is 3.00. The highest BCUT2D eigenvalue weighted by Gasteiger charge is 2.34. The second kappa shape index (κ2) is 4.80. The third-order valence-corrected chi connectivity index (χ3v) is 4.96. The largest absolute Gasteiger partial charge is 0.368 e. The van der Waals surface area contributed by atoms with Gasteiger partial charge in [-0.1, -0.05) is 24.3 Å². The molecule has 2 N–H and O–H groups in total. The molecule has 2 heterocycles. The number of nitrogens with zero attached hydrogens (tertiary/aromatic N) is 3. The van der Waals surface area contributed by atoms with Gasteiger partial charge in [0.25, 0.3) is 0 Å². The van der Waals surface area contributed by atoms with Crippen LogP contribution in [0.5, 0.6) is 0 Å². The van der Waals surface area contributed by atoms with Crippen molar-refractivity contribution in [3.63, 3.8) is 0 Å². The van der Waals surface area contributed by atoms with Crippen LogP contribution in [0.2, 0.25) is 0 Å². The molecule has 1 aromatic heterocycles. The van der Waals surface area contributed by atoms with Crippen LogP contribution in [0, 0.1) is 0 Å². The van der Waals surface area contributed by atoms with Gasteiger partial charge in [-0.2, -0.15) is 4.37 Å². The van der Waals surface area contributed by atoms with Crippen LogP contribution in [0.25, 0.3) is 0 Å². The highest BCUT2D eigenvalue weighted by molar-refractivity contribution is 7.09. The van der Waals surface area contributed by atoms with E-state index in [1.807, 2.05) is 17.0 Å². The quantitative estimate of drug-likeness (QED) is 0.938. The lowest BCUT2D eigenvalue weighted by molar-refractivity contribution is -0.119. The molecule has 1 aliphatic carbocycles. The Morgan fingerprint density at radius 2 is 2.05 bits per heavy atom. The van der Waals surface area contributed by atoms with Crippen molar-refractivity contribution in [2.75, 3.05) is 4.90 Å². The van der Waals surface area contributed by atoms with Gasteiger partial charge in [-0.3, -0.25) is 4.79 Å². The predicted molar refractivity (Wildman–Crippen MR) is 81.2 cm³/mol. The van der Waals surface area contributed by atoms with Crippen molar-refractivity contribution in [2.45, 2.75) is 37.8 Å². The van der Waals surface area contributed by atoms with Crippen LogP contribution in [-0.2, 0) is 17.8 Å². The van der Waals surface area contributed by atoms with Crippen molar-refractivity contribution in [2.24, 2.45) is 5.73 Å². The lowest BCUT2D eigenvalue weighted by Crippen LogP contribution is -2.48. The van der Waals surface area contributed by atoms with Gasteiger partial charge in [0.15, 0.2) is 0 Å². The molecule has 1 amide bonds. The van der Waals surface area contributed by atoms with Gasteiger partial charge in [0, 0.05) is 30.4 Å². The topological polar surface area (TPSA) is 72.1 Å². The van der Waals surface area contributed by atoms with E-state index in [1.165, 1.54) is 35.5 Å². The zero-order valence-corrected chi connectivity index (χ0v) is 12.3. The molecule has 2 aliphatic rings. The SMILES string of the molecule is NC(=O)[C@@H]1Cc2ccccc2CN1c1nc(C2CC2)ns1. The van der Waals surface area contributed by atoms with Gasteiger partial charge in [0.1, 0.15) is 11.9 Å².